The van der Waals surface area contributed by atoms with Crippen molar-refractivity contribution in [3.8, 4) is 6.07 Å². The van der Waals surface area contributed by atoms with Crippen molar-refractivity contribution in [2.75, 3.05) is 0 Å². The standard InChI is InChI=1S/C15H17N3/c1-3-10(9-16)12-6-7-14-13(8-12)17-15(18(14)2)11-4-5-11/h6-8,10-11H,3-5H2,1-2H3. The fourth-order valence-electron chi connectivity index (χ4n) is 2.56. The van der Waals surface area contributed by atoms with Gasteiger partial charge in [0, 0.05) is 13.0 Å². The molecule has 0 aliphatic heterocycles. The maximum absolute atomic E-state index is 9.13. The number of nitriles is 1. The summed E-state index contributed by atoms with van der Waals surface area (Å²) in [5, 5.41) is 9.13. The van der Waals surface area contributed by atoms with Crippen LogP contribution in [0.5, 0.6) is 0 Å². The maximum Gasteiger partial charge on any atom is 0.112 e. The molecular weight excluding hydrogens is 222 g/mol. The van der Waals surface area contributed by atoms with E-state index >= 15 is 0 Å². The van der Waals surface area contributed by atoms with E-state index < -0.39 is 0 Å². The van der Waals surface area contributed by atoms with Gasteiger partial charge < -0.3 is 4.57 Å². The van der Waals surface area contributed by atoms with Gasteiger partial charge in [0.05, 0.1) is 23.0 Å². The summed E-state index contributed by atoms with van der Waals surface area (Å²) in [5.41, 5.74) is 3.30. The monoisotopic (exact) mass is 239 g/mol. The average molecular weight is 239 g/mol. The first-order valence-corrected chi connectivity index (χ1v) is 6.60. The second-order valence-corrected chi connectivity index (χ2v) is 5.14. The molecule has 3 nitrogen and oxygen atoms in total. The number of nitrogens with zero attached hydrogens (tertiary/aromatic N) is 3. The van der Waals surface area contributed by atoms with Gasteiger partial charge in [-0.3, -0.25) is 0 Å². The summed E-state index contributed by atoms with van der Waals surface area (Å²) < 4.78 is 2.20. The molecule has 0 amide bonds. The zero-order chi connectivity index (χ0) is 12.7. The Morgan fingerprint density at radius 2 is 2.28 bits per heavy atom. The van der Waals surface area contributed by atoms with Gasteiger partial charge in [-0.05, 0) is 37.0 Å². The van der Waals surface area contributed by atoms with Crippen LogP contribution in [0.25, 0.3) is 11.0 Å². The molecule has 0 N–H and O–H groups in total. The molecule has 92 valence electrons. The first-order valence-electron chi connectivity index (χ1n) is 6.60. The van der Waals surface area contributed by atoms with E-state index in [2.05, 4.69) is 35.9 Å². The second-order valence-electron chi connectivity index (χ2n) is 5.14. The fourth-order valence-corrected chi connectivity index (χ4v) is 2.56. The summed E-state index contributed by atoms with van der Waals surface area (Å²) >= 11 is 0. The van der Waals surface area contributed by atoms with Gasteiger partial charge in [0.25, 0.3) is 0 Å². The Hall–Kier alpha value is -1.82. The van der Waals surface area contributed by atoms with E-state index in [1.165, 1.54) is 24.2 Å². The summed E-state index contributed by atoms with van der Waals surface area (Å²) in [4.78, 5) is 4.74. The molecule has 3 rings (SSSR count). The van der Waals surface area contributed by atoms with E-state index in [-0.39, 0.29) is 5.92 Å². The molecule has 1 fully saturated rings. The van der Waals surface area contributed by atoms with Crippen LogP contribution in [0.4, 0.5) is 0 Å². The molecule has 0 radical (unpaired) electrons. The van der Waals surface area contributed by atoms with Crippen LogP contribution in [0.2, 0.25) is 0 Å². The van der Waals surface area contributed by atoms with E-state index in [1.807, 2.05) is 6.92 Å². The Morgan fingerprint density at radius 3 is 2.89 bits per heavy atom. The predicted molar refractivity (Wildman–Crippen MR) is 71.3 cm³/mol. The Balaban J connectivity index is 2.10. The van der Waals surface area contributed by atoms with Gasteiger partial charge in [0.1, 0.15) is 5.82 Å². The summed E-state index contributed by atoms with van der Waals surface area (Å²) in [7, 11) is 2.09. The highest BCUT2D eigenvalue weighted by Gasteiger charge is 2.28. The largest absolute Gasteiger partial charge is 0.331 e. The number of benzene rings is 1. The van der Waals surface area contributed by atoms with Crippen molar-refractivity contribution >= 4 is 11.0 Å². The molecule has 18 heavy (non-hydrogen) atoms. The van der Waals surface area contributed by atoms with E-state index in [0.717, 1.165) is 17.5 Å². The van der Waals surface area contributed by atoms with E-state index in [1.54, 1.807) is 0 Å². The van der Waals surface area contributed by atoms with Gasteiger partial charge in [-0.15, -0.1) is 0 Å². The number of aryl methyl sites for hydroxylation is 1. The van der Waals surface area contributed by atoms with E-state index in [9.17, 15) is 0 Å². The molecule has 3 heteroatoms. The third-order valence-electron chi connectivity index (χ3n) is 3.85. The molecule has 1 unspecified atom stereocenters. The third-order valence-corrected chi connectivity index (χ3v) is 3.85. The van der Waals surface area contributed by atoms with Crippen molar-refractivity contribution in [2.24, 2.45) is 7.05 Å². The lowest BCUT2D eigenvalue weighted by Gasteiger charge is -2.06. The molecular formula is C15H17N3. The molecule has 0 saturated heterocycles. The van der Waals surface area contributed by atoms with E-state index in [0.29, 0.717) is 5.92 Å². The molecule has 1 atom stereocenters. The highest BCUT2D eigenvalue weighted by atomic mass is 15.1. The van der Waals surface area contributed by atoms with Gasteiger partial charge in [-0.25, -0.2) is 4.98 Å². The topological polar surface area (TPSA) is 41.6 Å². The summed E-state index contributed by atoms with van der Waals surface area (Å²) in [5.74, 6) is 1.84. The van der Waals surface area contributed by atoms with Crippen LogP contribution in [-0.2, 0) is 7.05 Å². The highest BCUT2D eigenvalue weighted by Crippen LogP contribution is 2.40. The first-order chi connectivity index (χ1) is 8.74. The van der Waals surface area contributed by atoms with Gasteiger partial charge in [0.2, 0.25) is 0 Å². The second kappa shape index (κ2) is 4.13. The lowest BCUT2D eigenvalue weighted by molar-refractivity contribution is 0.818. The van der Waals surface area contributed by atoms with Crippen molar-refractivity contribution in [2.45, 2.75) is 38.0 Å². The average Bonchev–Trinajstić information content (AvgIpc) is 3.17. The first kappa shape index (κ1) is 11.3. The molecule has 0 spiro atoms. The highest BCUT2D eigenvalue weighted by molar-refractivity contribution is 5.77. The molecule has 2 aromatic rings. The molecule has 1 saturated carbocycles. The number of hydrogen-bond donors (Lipinski definition) is 0. The summed E-state index contributed by atoms with van der Waals surface area (Å²) in [6.45, 7) is 2.05. The SMILES string of the molecule is CCC(C#N)c1ccc2c(c1)nc(C1CC1)n2C. The number of fused-ring (bicyclic) bond motifs is 1. The van der Waals surface area contributed by atoms with Crippen LogP contribution < -0.4 is 0 Å². The summed E-state index contributed by atoms with van der Waals surface area (Å²) in [6, 6.07) is 8.60. The van der Waals surface area contributed by atoms with E-state index in [4.69, 9.17) is 10.2 Å². The van der Waals surface area contributed by atoms with Crippen molar-refractivity contribution < 1.29 is 0 Å². The molecule has 1 aliphatic carbocycles. The zero-order valence-corrected chi connectivity index (χ0v) is 10.8. The van der Waals surface area contributed by atoms with Crippen molar-refractivity contribution in [1.82, 2.24) is 9.55 Å². The minimum atomic E-state index is -0.0132. The number of rotatable bonds is 3. The predicted octanol–water partition coefficient (Wildman–Crippen LogP) is 3.47. The van der Waals surface area contributed by atoms with Crippen LogP contribution in [0.3, 0.4) is 0 Å². The Bertz CT molecular complexity index is 629. The fraction of sp³-hybridized carbons (Fsp3) is 0.467. The van der Waals surface area contributed by atoms with Gasteiger partial charge in [-0.1, -0.05) is 13.0 Å². The smallest absolute Gasteiger partial charge is 0.112 e. The third kappa shape index (κ3) is 1.69. The van der Waals surface area contributed by atoms with Crippen LogP contribution in [-0.4, -0.2) is 9.55 Å². The van der Waals surface area contributed by atoms with Crippen molar-refractivity contribution in [3.63, 3.8) is 0 Å². The van der Waals surface area contributed by atoms with Gasteiger partial charge in [0.15, 0.2) is 0 Å². The lowest BCUT2D eigenvalue weighted by Crippen LogP contribution is -1.95. The maximum atomic E-state index is 9.13. The van der Waals surface area contributed by atoms with Gasteiger partial charge >= 0.3 is 0 Å². The minimum Gasteiger partial charge on any atom is -0.331 e. The normalized spacial score (nSPS) is 16.7. The zero-order valence-electron chi connectivity index (χ0n) is 10.8. The number of aromatic nitrogens is 2. The lowest BCUT2D eigenvalue weighted by atomic mass is 9.98. The van der Waals surface area contributed by atoms with Gasteiger partial charge in [-0.2, -0.15) is 5.26 Å². The number of hydrogen-bond acceptors (Lipinski definition) is 2. The van der Waals surface area contributed by atoms with Crippen LogP contribution in [0.1, 0.15) is 49.4 Å². The van der Waals surface area contributed by atoms with Crippen molar-refractivity contribution in [1.29, 1.82) is 5.26 Å². The summed E-state index contributed by atoms with van der Waals surface area (Å²) in [6.07, 6.45) is 3.38. The van der Waals surface area contributed by atoms with Crippen molar-refractivity contribution in [3.05, 3.63) is 29.6 Å². The molecule has 1 aromatic heterocycles. The van der Waals surface area contributed by atoms with Crippen LogP contribution >= 0.6 is 0 Å². The molecule has 1 aliphatic rings. The molecule has 1 heterocycles. The number of imidazole rings is 1. The Morgan fingerprint density at radius 1 is 1.50 bits per heavy atom. The van der Waals surface area contributed by atoms with Crippen LogP contribution in [0, 0.1) is 11.3 Å². The minimum absolute atomic E-state index is 0.0132. The Kier molecular flexibility index (Phi) is 2.59. The molecule has 0 bridgehead atoms. The van der Waals surface area contributed by atoms with Crippen LogP contribution in [0.15, 0.2) is 18.2 Å². The molecule has 1 aromatic carbocycles. The quantitative estimate of drug-likeness (QED) is 0.823. The Labute approximate surface area is 107 Å².